The molecule has 16 heavy (non-hydrogen) atoms. The van der Waals surface area contributed by atoms with Crippen molar-refractivity contribution in [2.24, 2.45) is 11.7 Å². The summed E-state index contributed by atoms with van der Waals surface area (Å²) in [6.07, 6.45) is 3.42. The van der Waals surface area contributed by atoms with Crippen molar-refractivity contribution in [2.75, 3.05) is 18.2 Å². The van der Waals surface area contributed by atoms with E-state index in [9.17, 15) is 9.90 Å². The maximum absolute atomic E-state index is 12.1. The van der Waals surface area contributed by atoms with Gasteiger partial charge in [0.15, 0.2) is 0 Å². The van der Waals surface area contributed by atoms with Gasteiger partial charge >= 0.3 is 0 Å². The monoisotopic (exact) mass is 244 g/mol. The highest BCUT2D eigenvalue weighted by molar-refractivity contribution is 7.99. The van der Waals surface area contributed by atoms with Crippen molar-refractivity contribution in [3.05, 3.63) is 0 Å². The molecule has 1 aliphatic carbocycles. The van der Waals surface area contributed by atoms with Gasteiger partial charge in [-0.1, -0.05) is 12.8 Å². The van der Waals surface area contributed by atoms with Crippen LogP contribution in [0.25, 0.3) is 0 Å². The Bertz CT molecular complexity index is 256. The first-order valence-corrected chi connectivity index (χ1v) is 7.16. The summed E-state index contributed by atoms with van der Waals surface area (Å²) < 4.78 is 0. The van der Waals surface area contributed by atoms with Gasteiger partial charge in [0.05, 0.1) is 18.0 Å². The molecule has 3 N–H and O–H groups in total. The molecular weight excluding hydrogens is 224 g/mol. The number of hydrogen-bond donors (Lipinski definition) is 2. The van der Waals surface area contributed by atoms with Crippen LogP contribution in [-0.2, 0) is 4.79 Å². The molecule has 1 saturated carbocycles. The van der Waals surface area contributed by atoms with Gasteiger partial charge in [0, 0.05) is 18.2 Å². The Morgan fingerprint density at radius 3 is 2.81 bits per heavy atom. The van der Waals surface area contributed by atoms with Crippen LogP contribution in [0, 0.1) is 5.92 Å². The standard InChI is InChI=1S/C11H20N2O2S/c12-10(8-3-1-2-4-9(8)14)11(15)13-5-6-16-7-13/h8-10,14H,1-7,12H2/t8-,9-,10?/m1/s1. The zero-order valence-corrected chi connectivity index (χ0v) is 10.3. The minimum atomic E-state index is -0.506. The smallest absolute Gasteiger partial charge is 0.240 e. The number of amides is 1. The second kappa shape index (κ2) is 5.38. The Hall–Kier alpha value is -0.260. The first-order valence-electron chi connectivity index (χ1n) is 6.00. The largest absolute Gasteiger partial charge is 0.393 e. The van der Waals surface area contributed by atoms with Crippen molar-refractivity contribution in [1.82, 2.24) is 4.90 Å². The lowest BCUT2D eigenvalue weighted by molar-refractivity contribution is -0.134. The van der Waals surface area contributed by atoms with E-state index < -0.39 is 6.04 Å². The van der Waals surface area contributed by atoms with Crippen LogP contribution >= 0.6 is 11.8 Å². The number of nitrogens with zero attached hydrogens (tertiary/aromatic N) is 1. The number of aliphatic hydroxyl groups excluding tert-OH is 1. The highest BCUT2D eigenvalue weighted by Gasteiger charge is 2.35. The number of nitrogens with two attached hydrogens (primary N) is 1. The minimum absolute atomic E-state index is 0.0240. The van der Waals surface area contributed by atoms with E-state index in [-0.39, 0.29) is 17.9 Å². The molecule has 2 rings (SSSR count). The molecule has 0 radical (unpaired) electrons. The summed E-state index contributed by atoms with van der Waals surface area (Å²) in [4.78, 5) is 13.9. The van der Waals surface area contributed by atoms with Crippen LogP contribution in [0.15, 0.2) is 0 Å². The molecule has 1 amide bonds. The highest BCUT2D eigenvalue weighted by Crippen LogP contribution is 2.27. The van der Waals surface area contributed by atoms with Crippen molar-refractivity contribution in [3.8, 4) is 0 Å². The summed E-state index contributed by atoms with van der Waals surface area (Å²) >= 11 is 1.76. The molecule has 0 bridgehead atoms. The van der Waals surface area contributed by atoms with Gasteiger partial charge in [0.25, 0.3) is 0 Å². The first kappa shape index (κ1) is 12.2. The third-order valence-corrected chi connectivity index (χ3v) is 4.56. The Morgan fingerprint density at radius 1 is 1.44 bits per heavy atom. The minimum Gasteiger partial charge on any atom is -0.393 e. The SMILES string of the molecule is NC(C(=O)N1CCSC1)[C@@H]1CCCC[C@H]1O. The van der Waals surface area contributed by atoms with Crippen LogP contribution in [0.4, 0.5) is 0 Å². The number of hydrogen-bond acceptors (Lipinski definition) is 4. The molecule has 0 spiro atoms. The molecule has 4 nitrogen and oxygen atoms in total. The first-order chi connectivity index (χ1) is 7.70. The van der Waals surface area contributed by atoms with Crippen LogP contribution in [0.1, 0.15) is 25.7 Å². The fraction of sp³-hybridized carbons (Fsp3) is 0.909. The van der Waals surface area contributed by atoms with E-state index in [0.717, 1.165) is 43.9 Å². The Kier molecular flexibility index (Phi) is 4.10. The van der Waals surface area contributed by atoms with Gasteiger partial charge < -0.3 is 15.7 Å². The molecule has 2 fully saturated rings. The molecule has 2 aliphatic rings. The lowest BCUT2D eigenvalue weighted by Crippen LogP contribution is -2.50. The second-order valence-electron chi connectivity index (χ2n) is 4.68. The molecule has 0 aromatic rings. The molecule has 0 aromatic carbocycles. The summed E-state index contributed by atoms with van der Waals surface area (Å²) in [5, 5.41) is 9.88. The van der Waals surface area contributed by atoms with E-state index in [1.54, 1.807) is 11.8 Å². The average molecular weight is 244 g/mol. The van der Waals surface area contributed by atoms with Gasteiger partial charge in [-0.3, -0.25) is 4.79 Å². The number of carbonyl (C=O) groups is 1. The highest BCUT2D eigenvalue weighted by atomic mass is 32.2. The lowest BCUT2D eigenvalue weighted by atomic mass is 9.81. The average Bonchev–Trinajstić information content (AvgIpc) is 2.81. The van der Waals surface area contributed by atoms with Crippen molar-refractivity contribution >= 4 is 17.7 Å². The molecule has 1 aliphatic heterocycles. The number of rotatable bonds is 2. The predicted molar refractivity (Wildman–Crippen MR) is 65.0 cm³/mol. The van der Waals surface area contributed by atoms with Gasteiger partial charge in [-0.15, -0.1) is 11.8 Å². The Balaban J connectivity index is 1.94. The summed E-state index contributed by atoms with van der Waals surface area (Å²) in [5.74, 6) is 1.75. The lowest BCUT2D eigenvalue weighted by Gasteiger charge is -2.33. The van der Waals surface area contributed by atoms with Crippen LogP contribution in [-0.4, -0.2) is 46.2 Å². The fourth-order valence-electron chi connectivity index (χ4n) is 2.54. The van der Waals surface area contributed by atoms with Crippen molar-refractivity contribution < 1.29 is 9.90 Å². The summed E-state index contributed by atoms with van der Waals surface area (Å²) in [6.45, 7) is 0.806. The zero-order valence-electron chi connectivity index (χ0n) is 9.47. The maximum atomic E-state index is 12.1. The third-order valence-electron chi connectivity index (χ3n) is 3.59. The van der Waals surface area contributed by atoms with Crippen molar-refractivity contribution in [3.63, 3.8) is 0 Å². The van der Waals surface area contributed by atoms with E-state index in [1.807, 2.05) is 4.90 Å². The van der Waals surface area contributed by atoms with Crippen molar-refractivity contribution in [2.45, 2.75) is 37.8 Å². The van der Waals surface area contributed by atoms with E-state index in [0.29, 0.717) is 0 Å². The Labute approximate surface area is 101 Å². The number of aliphatic hydroxyl groups is 1. The molecular formula is C11H20N2O2S. The predicted octanol–water partition coefficient (Wildman–Crippen LogP) is 0.398. The van der Waals surface area contributed by atoms with Gasteiger partial charge in [0.1, 0.15) is 0 Å². The van der Waals surface area contributed by atoms with Crippen LogP contribution in [0.3, 0.4) is 0 Å². The van der Waals surface area contributed by atoms with Crippen LogP contribution < -0.4 is 5.73 Å². The molecule has 92 valence electrons. The number of carbonyl (C=O) groups excluding carboxylic acids is 1. The van der Waals surface area contributed by atoms with Crippen LogP contribution in [0.2, 0.25) is 0 Å². The van der Waals surface area contributed by atoms with E-state index in [1.165, 1.54) is 0 Å². The van der Waals surface area contributed by atoms with E-state index in [2.05, 4.69) is 0 Å². The van der Waals surface area contributed by atoms with Gasteiger partial charge in [0.2, 0.25) is 5.91 Å². The summed E-state index contributed by atoms with van der Waals surface area (Å²) in [5.41, 5.74) is 6.00. The van der Waals surface area contributed by atoms with Gasteiger partial charge in [-0.2, -0.15) is 0 Å². The number of thioether (sulfide) groups is 1. The van der Waals surface area contributed by atoms with Crippen LogP contribution in [0.5, 0.6) is 0 Å². The molecule has 3 atom stereocenters. The molecule has 1 saturated heterocycles. The normalized spacial score (nSPS) is 32.8. The summed E-state index contributed by atoms with van der Waals surface area (Å²) in [6, 6.07) is -0.506. The van der Waals surface area contributed by atoms with Gasteiger partial charge in [-0.05, 0) is 12.8 Å². The maximum Gasteiger partial charge on any atom is 0.240 e. The summed E-state index contributed by atoms with van der Waals surface area (Å²) in [7, 11) is 0. The van der Waals surface area contributed by atoms with Crippen molar-refractivity contribution in [1.29, 1.82) is 0 Å². The van der Waals surface area contributed by atoms with Gasteiger partial charge in [-0.25, -0.2) is 0 Å². The van der Waals surface area contributed by atoms with E-state index >= 15 is 0 Å². The molecule has 0 aromatic heterocycles. The fourth-order valence-corrected chi connectivity index (χ4v) is 3.50. The molecule has 1 heterocycles. The van der Waals surface area contributed by atoms with E-state index in [4.69, 9.17) is 5.73 Å². The third kappa shape index (κ3) is 2.52. The Morgan fingerprint density at radius 2 is 2.19 bits per heavy atom. The topological polar surface area (TPSA) is 66.6 Å². The molecule has 1 unspecified atom stereocenters. The zero-order chi connectivity index (χ0) is 11.5. The quantitative estimate of drug-likeness (QED) is 0.738. The second-order valence-corrected chi connectivity index (χ2v) is 5.76. The molecule has 5 heteroatoms.